The van der Waals surface area contributed by atoms with Gasteiger partial charge < -0.3 is 4.74 Å². The quantitative estimate of drug-likeness (QED) is 0.703. The maximum absolute atomic E-state index is 5.24. The van der Waals surface area contributed by atoms with Gasteiger partial charge in [0.15, 0.2) is 0 Å². The topological polar surface area (TPSA) is 9.23 Å². The second-order valence-corrected chi connectivity index (χ2v) is 3.92. The third kappa shape index (κ3) is 2.50. The Morgan fingerprint density at radius 3 is 2.57 bits per heavy atom. The summed E-state index contributed by atoms with van der Waals surface area (Å²) in [5.74, 6) is 1.64. The standard InChI is InChI=1S/C13H20O/c1-5-6-10(2)12-7-8-13(14-4)11(3)9-12/h7-10H,5-6H2,1-4H3. The third-order valence-corrected chi connectivity index (χ3v) is 2.71. The van der Waals surface area contributed by atoms with Gasteiger partial charge in [0, 0.05) is 0 Å². The van der Waals surface area contributed by atoms with Crippen molar-refractivity contribution in [3.8, 4) is 5.75 Å². The summed E-state index contributed by atoms with van der Waals surface area (Å²) in [6.07, 6.45) is 2.50. The molecule has 14 heavy (non-hydrogen) atoms. The molecule has 1 aromatic rings. The molecule has 0 aromatic heterocycles. The van der Waals surface area contributed by atoms with Crippen LogP contribution in [0, 0.1) is 6.92 Å². The molecule has 0 N–H and O–H groups in total. The van der Waals surface area contributed by atoms with Crippen molar-refractivity contribution >= 4 is 0 Å². The summed E-state index contributed by atoms with van der Waals surface area (Å²) in [7, 11) is 1.72. The van der Waals surface area contributed by atoms with Crippen molar-refractivity contribution in [2.75, 3.05) is 7.11 Å². The van der Waals surface area contributed by atoms with E-state index >= 15 is 0 Å². The highest BCUT2D eigenvalue weighted by Crippen LogP contribution is 2.25. The van der Waals surface area contributed by atoms with Crippen LogP contribution in [0.5, 0.6) is 5.75 Å². The fourth-order valence-corrected chi connectivity index (χ4v) is 1.81. The summed E-state index contributed by atoms with van der Waals surface area (Å²) >= 11 is 0. The van der Waals surface area contributed by atoms with Gasteiger partial charge in [0.05, 0.1) is 7.11 Å². The number of methoxy groups -OCH3 is 1. The fourth-order valence-electron chi connectivity index (χ4n) is 1.81. The highest BCUT2D eigenvalue weighted by atomic mass is 16.5. The monoisotopic (exact) mass is 192 g/mol. The van der Waals surface area contributed by atoms with Crippen LogP contribution in [0.2, 0.25) is 0 Å². The van der Waals surface area contributed by atoms with Gasteiger partial charge >= 0.3 is 0 Å². The van der Waals surface area contributed by atoms with Gasteiger partial charge in [-0.3, -0.25) is 0 Å². The van der Waals surface area contributed by atoms with Crippen LogP contribution < -0.4 is 4.74 Å². The van der Waals surface area contributed by atoms with Crippen LogP contribution in [0.4, 0.5) is 0 Å². The molecule has 0 aliphatic rings. The van der Waals surface area contributed by atoms with E-state index in [1.54, 1.807) is 7.11 Å². The Labute approximate surface area is 87.1 Å². The van der Waals surface area contributed by atoms with Crippen LogP contribution in [0.15, 0.2) is 18.2 Å². The third-order valence-electron chi connectivity index (χ3n) is 2.71. The van der Waals surface area contributed by atoms with E-state index in [1.165, 1.54) is 24.0 Å². The van der Waals surface area contributed by atoms with Gasteiger partial charge in [-0.2, -0.15) is 0 Å². The Morgan fingerprint density at radius 2 is 2.07 bits per heavy atom. The molecule has 0 bridgehead atoms. The van der Waals surface area contributed by atoms with E-state index in [0.717, 1.165) is 5.75 Å². The number of ether oxygens (including phenoxy) is 1. The SMILES string of the molecule is CCCC(C)c1ccc(OC)c(C)c1. The maximum atomic E-state index is 5.24. The molecule has 0 aliphatic heterocycles. The molecule has 78 valence electrons. The van der Waals surface area contributed by atoms with Gasteiger partial charge in [-0.25, -0.2) is 0 Å². The van der Waals surface area contributed by atoms with Crippen molar-refractivity contribution in [3.05, 3.63) is 29.3 Å². The van der Waals surface area contributed by atoms with E-state index in [1.807, 2.05) is 0 Å². The van der Waals surface area contributed by atoms with Crippen molar-refractivity contribution in [1.82, 2.24) is 0 Å². The Kier molecular flexibility index (Phi) is 3.99. The molecule has 1 nitrogen and oxygen atoms in total. The molecule has 0 radical (unpaired) electrons. The number of hydrogen-bond acceptors (Lipinski definition) is 1. The van der Waals surface area contributed by atoms with E-state index < -0.39 is 0 Å². The number of aryl methyl sites for hydroxylation is 1. The molecule has 0 heterocycles. The number of rotatable bonds is 4. The van der Waals surface area contributed by atoms with Crippen molar-refractivity contribution in [3.63, 3.8) is 0 Å². The first-order valence-corrected chi connectivity index (χ1v) is 5.33. The minimum absolute atomic E-state index is 0.657. The number of benzene rings is 1. The zero-order chi connectivity index (χ0) is 10.6. The molecule has 1 rings (SSSR count). The van der Waals surface area contributed by atoms with E-state index in [-0.39, 0.29) is 0 Å². The van der Waals surface area contributed by atoms with Crippen LogP contribution in [0.25, 0.3) is 0 Å². The highest BCUT2D eigenvalue weighted by Gasteiger charge is 2.06. The first kappa shape index (κ1) is 11.1. The van der Waals surface area contributed by atoms with Crippen LogP contribution in [-0.4, -0.2) is 7.11 Å². The van der Waals surface area contributed by atoms with Gasteiger partial charge in [-0.15, -0.1) is 0 Å². The lowest BCUT2D eigenvalue weighted by molar-refractivity contribution is 0.411. The molecule has 0 spiro atoms. The average Bonchev–Trinajstić information content (AvgIpc) is 2.18. The lowest BCUT2D eigenvalue weighted by Crippen LogP contribution is -1.95. The van der Waals surface area contributed by atoms with Crippen molar-refractivity contribution < 1.29 is 4.74 Å². The van der Waals surface area contributed by atoms with E-state index in [9.17, 15) is 0 Å². The van der Waals surface area contributed by atoms with Gasteiger partial charge in [-0.05, 0) is 36.5 Å². The Balaban J connectivity index is 2.85. The summed E-state index contributed by atoms with van der Waals surface area (Å²) in [4.78, 5) is 0. The van der Waals surface area contributed by atoms with Crippen molar-refractivity contribution in [1.29, 1.82) is 0 Å². The summed E-state index contributed by atoms with van der Waals surface area (Å²) in [6, 6.07) is 6.47. The van der Waals surface area contributed by atoms with Crippen LogP contribution in [0.1, 0.15) is 43.7 Å². The molecule has 0 amide bonds. The molecule has 0 aliphatic carbocycles. The predicted molar refractivity (Wildman–Crippen MR) is 61.1 cm³/mol. The summed E-state index contributed by atoms with van der Waals surface area (Å²) in [5, 5.41) is 0. The van der Waals surface area contributed by atoms with Crippen molar-refractivity contribution in [2.45, 2.75) is 39.5 Å². The maximum Gasteiger partial charge on any atom is 0.121 e. The predicted octanol–water partition coefficient (Wildman–Crippen LogP) is 3.91. The molecule has 1 unspecified atom stereocenters. The molecule has 1 heteroatoms. The normalized spacial score (nSPS) is 12.6. The summed E-state index contributed by atoms with van der Waals surface area (Å²) in [5.41, 5.74) is 2.65. The Bertz CT molecular complexity index is 291. The van der Waals surface area contributed by atoms with Crippen molar-refractivity contribution in [2.24, 2.45) is 0 Å². The molecule has 0 saturated heterocycles. The zero-order valence-electron chi connectivity index (χ0n) is 9.63. The lowest BCUT2D eigenvalue weighted by atomic mass is 9.95. The first-order chi connectivity index (χ1) is 6.69. The molecule has 0 fully saturated rings. The summed E-state index contributed by atoms with van der Waals surface area (Å²) in [6.45, 7) is 6.61. The second kappa shape index (κ2) is 5.04. The fraction of sp³-hybridized carbons (Fsp3) is 0.538. The highest BCUT2D eigenvalue weighted by molar-refractivity contribution is 5.37. The van der Waals surface area contributed by atoms with E-state index in [2.05, 4.69) is 39.0 Å². The lowest BCUT2D eigenvalue weighted by Gasteiger charge is -2.13. The summed E-state index contributed by atoms with van der Waals surface area (Å²) < 4.78 is 5.24. The van der Waals surface area contributed by atoms with E-state index in [0.29, 0.717) is 5.92 Å². The first-order valence-electron chi connectivity index (χ1n) is 5.33. The molecule has 1 aromatic carbocycles. The Morgan fingerprint density at radius 1 is 1.36 bits per heavy atom. The molecule has 1 atom stereocenters. The van der Waals surface area contributed by atoms with E-state index in [4.69, 9.17) is 4.74 Å². The minimum atomic E-state index is 0.657. The number of hydrogen-bond donors (Lipinski definition) is 0. The zero-order valence-corrected chi connectivity index (χ0v) is 9.63. The van der Waals surface area contributed by atoms with Crippen LogP contribution >= 0.6 is 0 Å². The second-order valence-electron chi connectivity index (χ2n) is 3.92. The van der Waals surface area contributed by atoms with Gasteiger partial charge in [0.25, 0.3) is 0 Å². The van der Waals surface area contributed by atoms with Crippen LogP contribution in [0.3, 0.4) is 0 Å². The minimum Gasteiger partial charge on any atom is -0.496 e. The van der Waals surface area contributed by atoms with Gasteiger partial charge in [0.2, 0.25) is 0 Å². The molecule has 0 saturated carbocycles. The Hall–Kier alpha value is -0.980. The average molecular weight is 192 g/mol. The largest absolute Gasteiger partial charge is 0.496 e. The van der Waals surface area contributed by atoms with Gasteiger partial charge in [-0.1, -0.05) is 32.4 Å². The molecular weight excluding hydrogens is 172 g/mol. The van der Waals surface area contributed by atoms with Crippen LogP contribution in [-0.2, 0) is 0 Å². The molecular formula is C13H20O. The smallest absolute Gasteiger partial charge is 0.121 e. The van der Waals surface area contributed by atoms with Gasteiger partial charge in [0.1, 0.15) is 5.75 Å².